The number of nitrogens with zero attached hydrogens (tertiary/aromatic N) is 4. The molecule has 2 N–H and O–H groups in total. The molecule has 1 aliphatic heterocycles. The number of amides is 2. The number of rotatable bonds is 12. The van der Waals surface area contributed by atoms with Gasteiger partial charge in [0.2, 0.25) is 0 Å². The Morgan fingerprint density at radius 2 is 1.44 bits per heavy atom. The van der Waals surface area contributed by atoms with Crippen LogP contribution in [-0.4, -0.2) is 70.7 Å². The van der Waals surface area contributed by atoms with Crippen molar-refractivity contribution in [2.75, 3.05) is 26.3 Å². The van der Waals surface area contributed by atoms with Gasteiger partial charge in [0.25, 0.3) is 17.5 Å². The number of nitro benzene ring substituents is 1. The molecule has 2 amide bonds. The molecule has 2 aromatic heterocycles. The number of allylic oxidation sites excluding steroid dienone is 1. The molecule has 1 aromatic carbocycles. The number of aromatic nitrogens is 2. The summed E-state index contributed by atoms with van der Waals surface area (Å²) >= 11 is 0. The predicted octanol–water partition coefficient (Wildman–Crippen LogP) is 2.78. The number of ether oxygens (including phenoxy) is 2. The summed E-state index contributed by atoms with van der Waals surface area (Å²) in [6.07, 6.45) is 2.95. The van der Waals surface area contributed by atoms with Crippen molar-refractivity contribution in [3.8, 4) is 0 Å². The van der Waals surface area contributed by atoms with Gasteiger partial charge in [-0.15, -0.1) is 0 Å². The molecule has 0 saturated heterocycles. The number of aliphatic imine (C=N–C) groups is 1. The maximum atomic E-state index is 13.5. The van der Waals surface area contributed by atoms with Crippen LogP contribution in [0.4, 0.5) is 5.69 Å². The summed E-state index contributed by atoms with van der Waals surface area (Å²) in [4.78, 5) is 74.8. The minimum atomic E-state index is -1.13. The lowest BCUT2D eigenvalue weighted by Crippen LogP contribution is -2.38. The largest absolute Gasteiger partial charge is 0.463 e. The molecule has 0 radical (unpaired) electrons. The highest BCUT2D eigenvalue weighted by molar-refractivity contribution is 6.07. The van der Waals surface area contributed by atoms with Crippen LogP contribution in [-0.2, 0) is 19.1 Å². The van der Waals surface area contributed by atoms with Gasteiger partial charge >= 0.3 is 11.9 Å². The van der Waals surface area contributed by atoms with Gasteiger partial charge < -0.3 is 20.1 Å². The van der Waals surface area contributed by atoms with Crippen molar-refractivity contribution in [3.63, 3.8) is 0 Å². The van der Waals surface area contributed by atoms with Gasteiger partial charge in [-0.1, -0.05) is 24.3 Å². The van der Waals surface area contributed by atoms with E-state index in [0.717, 1.165) is 0 Å². The smallest absolute Gasteiger partial charge is 0.336 e. The Bertz CT molecular complexity index is 1640. The molecular formula is C31H30N6O8. The lowest BCUT2D eigenvalue weighted by atomic mass is 9.75. The summed E-state index contributed by atoms with van der Waals surface area (Å²) in [5.41, 5.74) is 1.07. The Labute approximate surface area is 257 Å². The molecule has 4 rings (SSSR count). The maximum Gasteiger partial charge on any atom is 0.336 e. The van der Waals surface area contributed by atoms with Crippen LogP contribution in [0.5, 0.6) is 0 Å². The third-order valence-electron chi connectivity index (χ3n) is 6.79. The molecule has 0 spiro atoms. The Morgan fingerprint density at radius 3 is 2.00 bits per heavy atom. The van der Waals surface area contributed by atoms with Gasteiger partial charge in [-0.05, 0) is 43.7 Å². The number of hydrogen-bond acceptors (Lipinski definition) is 11. The van der Waals surface area contributed by atoms with E-state index in [0.29, 0.717) is 11.3 Å². The topological polar surface area (TPSA) is 192 Å². The highest BCUT2D eigenvalue weighted by Crippen LogP contribution is 2.41. The first-order chi connectivity index (χ1) is 21.7. The summed E-state index contributed by atoms with van der Waals surface area (Å²) < 4.78 is 10.9. The summed E-state index contributed by atoms with van der Waals surface area (Å²) in [5, 5.41) is 16.8. The third kappa shape index (κ3) is 8.19. The van der Waals surface area contributed by atoms with Crippen molar-refractivity contribution in [3.05, 3.63) is 111 Å². The van der Waals surface area contributed by atoms with Gasteiger partial charge in [-0.2, -0.15) is 0 Å². The van der Waals surface area contributed by atoms with Crippen LogP contribution >= 0.6 is 0 Å². The van der Waals surface area contributed by atoms with E-state index in [1.165, 1.54) is 42.7 Å². The summed E-state index contributed by atoms with van der Waals surface area (Å²) in [6, 6.07) is 15.3. The maximum absolute atomic E-state index is 13.5. The van der Waals surface area contributed by atoms with Crippen LogP contribution in [0.1, 0.15) is 46.3 Å². The number of nitrogens with one attached hydrogen (secondary N) is 2. The van der Waals surface area contributed by atoms with E-state index in [2.05, 4.69) is 25.6 Å². The quantitative estimate of drug-likeness (QED) is 0.133. The van der Waals surface area contributed by atoms with E-state index in [9.17, 15) is 29.3 Å². The van der Waals surface area contributed by atoms with Crippen LogP contribution in [0.2, 0.25) is 0 Å². The third-order valence-corrected chi connectivity index (χ3v) is 6.79. The second kappa shape index (κ2) is 15.1. The highest BCUT2D eigenvalue weighted by Gasteiger charge is 2.43. The molecule has 232 valence electrons. The number of esters is 2. The zero-order valence-corrected chi connectivity index (χ0v) is 24.5. The fraction of sp³-hybridized carbons (Fsp3) is 0.258. The van der Waals surface area contributed by atoms with Crippen molar-refractivity contribution in [2.24, 2.45) is 10.9 Å². The van der Waals surface area contributed by atoms with E-state index >= 15 is 0 Å². The first-order valence-corrected chi connectivity index (χ1v) is 13.9. The predicted molar refractivity (Wildman–Crippen MR) is 160 cm³/mol. The minimum Gasteiger partial charge on any atom is -0.463 e. The fourth-order valence-corrected chi connectivity index (χ4v) is 4.77. The number of carbonyl (C=O) groups is 4. The monoisotopic (exact) mass is 614 g/mol. The Kier molecular flexibility index (Phi) is 10.8. The van der Waals surface area contributed by atoms with Crippen LogP contribution in [0.3, 0.4) is 0 Å². The molecule has 3 aromatic rings. The van der Waals surface area contributed by atoms with Crippen LogP contribution in [0.15, 0.2) is 89.3 Å². The molecule has 14 nitrogen and oxygen atoms in total. The molecule has 2 atom stereocenters. The average molecular weight is 615 g/mol. The average Bonchev–Trinajstić information content (AvgIpc) is 3.05. The normalized spacial score (nSPS) is 15.8. The Morgan fingerprint density at radius 1 is 0.844 bits per heavy atom. The van der Waals surface area contributed by atoms with Crippen molar-refractivity contribution < 1.29 is 33.6 Å². The standard InChI is InChI=1S/C31H30N6O8/c1-19-25(30(40)44-16-14-34-28(38)23-10-3-5-12-32-23)27(21-8-7-9-22(18-21)37(42)43)26(20(2)36-19)31(41)45-17-15-35-29(39)24-11-4-6-13-33-24/h3-13,18,25,27H,14-17H2,1-2H3,(H,34,38)(H,35,39). The zero-order chi connectivity index (χ0) is 32.3. The zero-order valence-electron chi connectivity index (χ0n) is 24.5. The van der Waals surface area contributed by atoms with Gasteiger partial charge in [0.05, 0.1) is 23.6 Å². The van der Waals surface area contributed by atoms with Crippen molar-refractivity contribution >= 4 is 35.2 Å². The first kappa shape index (κ1) is 32.1. The molecule has 45 heavy (non-hydrogen) atoms. The lowest BCUT2D eigenvalue weighted by molar-refractivity contribution is -0.384. The van der Waals surface area contributed by atoms with Gasteiger partial charge in [0.15, 0.2) is 0 Å². The number of benzene rings is 1. The molecule has 0 bridgehead atoms. The van der Waals surface area contributed by atoms with Crippen LogP contribution in [0, 0.1) is 16.0 Å². The fourth-order valence-electron chi connectivity index (χ4n) is 4.77. The van der Waals surface area contributed by atoms with Crippen molar-refractivity contribution in [1.29, 1.82) is 0 Å². The van der Waals surface area contributed by atoms with E-state index in [4.69, 9.17) is 9.47 Å². The number of hydrogen-bond donors (Lipinski definition) is 2. The Balaban J connectivity index is 1.49. The van der Waals surface area contributed by atoms with Gasteiger partial charge in [0, 0.05) is 41.9 Å². The summed E-state index contributed by atoms with van der Waals surface area (Å²) in [6.45, 7) is 2.73. The number of non-ortho nitro benzene ring substituents is 1. The molecule has 0 saturated carbocycles. The number of pyridine rings is 2. The van der Waals surface area contributed by atoms with Crippen molar-refractivity contribution in [2.45, 2.75) is 19.8 Å². The van der Waals surface area contributed by atoms with Gasteiger partial charge in [-0.25, -0.2) is 4.79 Å². The summed E-state index contributed by atoms with van der Waals surface area (Å²) in [7, 11) is 0. The minimum absolute atomic E-state index is 0.0144. The molecule has 1 aliphatic rings. The van der Waals surface area contributed by atoms with E-state index in [1.54, 1.807) is 44.2 Å². The highest BCUT2D eigenvalue weighted by atomic mass is 16.6. The Hall–Kier alpha value is -5.79. The van der Waals surface area contributed by atoms with E-state index < -0.39 is 40.5 Å². The van der Waals surface area contributed by atoms with E-state index in [-0.39, 0.29) is 54.6 Å². The SMILES string of the molecule is CC1=NC(C)=C(C(=O)OCCNC(=O)c2ccccn2)C(c2cccc([N+](=O)[O-])c2)C1C(=O)OCCNC(=O)c1ccccn1. The molecular weight excluding hydrogens is 584 g/mol. The molecule has 0 fully saturated rings. The number of carbonyl (C=O) groups excluding carboxylic acids is 4. The second-order valence-corrected chi connectivity index (χ2v) is 9.80. The van der Waals surface area contributed by atoms with Crippen LogP contribution < -0.4 is 10.6 Å². The van der Waals surface area contributed by atoms with Crippen molar-refractivity contribution in [1.82, 2.24) is 20.6 Å². The summed E-state index contributed by atoms with van der Waals surface area (Å²) in [5.74, 6) is -4.62. The molecule has 0 aliphatic carbocycles. The first-order valence-electron chi connectivity index (χ1n) is 13.9. The molecule has 2 unspecified atom stereocenters. The van der Waals surface area contributed by atoms with Gasteiger partial charge in [-0.3, -0.25) is 39.5 Å². The second-order valence-electron chi connectivity index (χ2n) is 9.80. The van der Waals surface area contributed by atoms with Crippen LogP contribution in [0.25, 0.3) is 0 Å². The number of nitro groups is 1. The lowest BCUT2D eigenvalue weighted by Gasteiger charge is -2.31. The molecule has 3 heterocycles. The molecule has 14 heteroatoms. The van der Waals surface area contributed by atoms with Gasteiger partial charge in [0.1, 0.15) is 30.5 Å². The van der Waals surface area contributed by atoms with E-state index in [1.807, 2.05) is 0 Å².